The molecule has 1 heterocycles. The Morgan fingerprint density at radius 3 is 2.39 bits per heavy atom. The van der Waals surface area contributed by atoms with Gasteiger partial charge in [0.05, 0.1) is 18.2 Å². The number of allylic oxidation sites excluding steroid dienone is 2. The molecule has 0 saturated carbocycles. The van der Waals surface area contributed by atoms with Crippen molar-refractivity contribution >= 4 is 28.3 Å². The summed E-state index contributed by atoms with van der Waals surface area (Å²) in [6.07, 6.45) is 4.06. The lowest BCUT2D eigenvalue weighted by atomic mass is 10.2. The zero-order valence-corrected chi connectivity index (χ0v) is 19.5. The number of nitrogens with two attached hydrogens (primary N) is 1. The highest BCUT2D eigenvalue weighted by Crippen LogP contribution is 2.33. The summed E-state index contributed by atoms with van der Waals surface area (Å²) in [5.41, 5.74) is 6.09. The summed E-state index contributed by atoms with van der Waals surface area (Å²) in [6.45, 7) is 11.9. The molecule has 0 radical (unpaired) electrons. The van der Waals surface area contributed by atoms with Crippen LogP contribution >= 0.6 is 11.3 Å². The maximum absolute atomic E-state index is 11.3. The second-order valence-corrected chi connectivity index (χ2v) is 7.57. The first-order valence-electron chi connectivity index (χ1n) is 9.68. The molecule has 7 nitrogen and oxygen atoms in total. The molecule has 0 aliphatic heterocycles. The van der Waals surface area contributed by atoms with Crippen molar-refractivity contribution in [3.63, 3.8) is 0 Å². The van der Waals surface area contributed by atoms with E-state index in [0.717, 1.165) is 11.5 Å². The number of thiazole rings is 1. The Balaban J connectivity index is 0.00000134. The number of nitriles is 1. The third-order valence-corrected chi connectivity index (χ3v) is 4.19. The number of phenols is 1. The number of nitrogens with zero attached hydrogens (tertiary/aromatic N) is 3. The molecule has 0 spiro atoms. The summed E-state index contributed by atoms with van der Waals surface area (Å²) in [4.78, 5) is 20.0. The van der Waals surface area contributed by atoms with Crippen LogP contribution in [0.25, 0.3) is 10.6 Å². The van der Waals surface area contributed by atoms with Crippen molar-refractivity contribution in [2.24, 2.45) is 16.6 Å². The molecule has 1 aromatic heterocycles. The van der Waals surface area contributed by atoms with Crippen LogP contribution in [-0.4, -0.2) is 29.1 Å². The number of hydrogen-bond acceptors (Lipinski definition) is 8. The Morgan fingerprint density at radius 1 is 1.35 bits per heavy atom. The van der Waals surface area contributed by atoms with Crippen molar-refractivity contribution in [1.82, 2.24) is 4.98 Å². The van der Waals surface area contributed by atoms with Crippen molar-refractivity contribution in [1.29, 1.82) is 5.26 Å². The second kappa shape index (κ2) is 15.5. The number of rotatable bonds is 7. The molecule has 8 heteroatoms. The number of benzene rings is 1. The first-order valence-corrected chi connectivity index (χ1v) is 10.5. The fourth-order valence-corrected chi connectivity index (χ4v) is 2.85. The van der Waals surface area contributed by atoms with E-state index >= 15 is 0 Å². The van der Waals surface area contributed by atoms with E-state index in [-0.39, 0.29) is 17.9 Å². The van der Waals surface area contributed by atoms with Crippen molar-refractivity contribution in [2.75, 3.05) is 12.4 Å². The molecule has 31 heavy (non-hydrogen) atoms. The highest BCUT2D eigenvalue weighted by atomic mass is 32.1. The van der Waals surface area contributed by atoms with Gasteiger partial charge in [-0.3, -0.25) is 4.79 Å². The number of aromatic nitrogens is 1. The van der Waals surface area contributed by atoms with Gasteiger partial charge in [-0.1, -0.05) is 38.7 Å². The molecular weight excluding hydrogens is 410 g/mol. The van der Waals surface area contributed by atoms with Gasteiger partial charge in [0.2, 0.25) is 0 Å². The van der Waals surface area contributed by atoms with Gasteiger partial charge in [0.25, 0.3) is 0 Å². The first-order chi connectivity index (χ1) is 14.8. The summed E-state index contributed by atoms with van der Waals surface area (Å²) in [6, 6.07) is 8.59. The fourth-order valence-electron chi connectivity index (χ4n) is 1.90. The Bertz CT molecular complexity index is 920. The standard InChI is InChI=1S/C18H16N4O2S.C4H10.CH5N/c1-3-13(9-10-19)20-16(4-2)22-18-15(11-23)21-17(25-18)12-5-7-14(24)8-6-12;1-4(2)3;1-2/h3-8,11,22,24H,1,9H2,2H3;4H,1-3H3;2H2,1H3/b16-4+,20-13+;;. The normalized spacial score (nSPS) is 10.8. The Kier molecular flexibility index (Phi) is 13.9. The van der Waals surface area contributed by atoms with Crippen LogP contribution in [0, 0.1) is 17.2 Å². The number of aliphatic imine (C=N–C) groups is 1. The van der Waals surface area contributed by atoms with Crippen LogP contribution in [0.1, 0.15) is 44.6 Å². The number of hydrogen-bond donors (Lipinski definition) is 3. The van der Waals surface area contributed by atoms with Crippen LogP contribution in [0.15, 0.2) is 53.8 Å². The largest absolute Gasteiger partial charge is 0.508 e. The topological polar surface area (TPSA) is 124 Å². The average molecular weight is 442 g/mol. The van der Waals surface area contributed by atoms with Gasteiger partial charge in [-0.15, -0.1) is 0 Å². The number of anilines is 1. The number of carbonyl (C=O) groups is 1. The SMILES string of the molecule is C=C/C(CC#N)=N\C(=C/C)Nc1sc(-c2ccc(O)cc2)nc1C=O.CC(C)C.CN. The van der Waals surface area contributed by atoms with Gasteiger partial charge in [0.15, 0.2) is 6.29 Å². The van der Waals surface area contributed by atoms with Crippen LogP contribution in [0.4, 0.5) is 5.00 Å². The Labute approximate surface area is 188 Å². The minimum Gasteiger partial charge on any atom is -0.508 e. The molecule has 2 aromatic rings. The zero-order valence-electron chi connectivity index (χ0n) is 18.7. The van der Waals surface area contributed by atoms with E-state index in [0.29, 0.717) is 27.8 Å². The predicted octanol–water partition coefficient (Wildman–Crippen LogP) is 5.38. The average Bonchev–Trinajstić information content (AvgIpc) is 3.17. The Hall–Kier alpha value is -3.28. The van der Waals surface area contributed by atoms with Gasteiger partial charge in [-0.05, 0) is 56.3 Å². The monoisotopic (exact) mass is 441 g/mol. The molecule has 4 N–H and O–H groups in total. The number of phenolic OH excluding ortho intramolecular Hbond substituents is 1. The quantitative estimate of drug-likeness (QED) is 0.391. The molecule has 0 aliphatic carbocycles. The minimum absolute atomic E-state index is 0.143. The van der Waals surface area contributed by atoms with E-state index in [1.54, 1.807) is 37.3 Å². The lowest BCUT2D eigenvalue weighted by Crippen LogP contribution is -2.01. The van der Waals surface area contributed by atoms with Crippen molar-refractivity contribution in [3.8, 4) is 22.4 Å². The summed E-state index contributed by atoms with van der Waals surface area (Å²) in [5.74, 6) is 1.49. The highest BCUT2D eigenvalue weighted by molar-refractivity contribution is 7.19. The van der Waals surface area contributed by atoms with E-state index < -0.39 is 0 Å². The van der Waals surface area contributed by atoms with E-state index in [4.69, 9.17) is 5.26 Å². The van der Waals surface area contributed by atoms with Crippen LogP contribution < -0.4 is 11.1 Å². The fraction of sp³-hybridized carbons (Fsp3) is 0.304. The number of carbonyl (C=O) groups excluding carboxylic acids is 1. The van der Waals surface area contributed by atoms with Crippen molar-refractivity contribution in [3.05, 3.63) is 54.5 Å². The van der Waals surface area contributed by atoms with E-state index in [9.17, 15) is 9.90 Å². The second-order valence-electron chi connectivity index (χ2n) is 6.57. The smallest absolute Gasteiger partial charge is 0.171 e. The van der Waals surface area contributed by atoms with Gasteiger partial charge in [-0.25, -0.2) is 9.98 Å². The molecule has 0 amide bonds. The summed E-state index contributed by atoms with van der Waals surface area (Å²) >= 11 is 1.30. The molecule has 0 saturated heterocycles. The molecule has 0 atom stereocenters. The third kappa shape index (κ3) is 10.3. The molecule has 0 unspecified atom stereocenters. The van der Waals surface area contributed by atoms with E-state index in [2.05, 4.69) is 48.4 Å². The van der Waals surface area contributed by atoms with Gasteiger partial charge in [0, 0.05) is 5.56 Å². The van der Waals surface area contributed by atoms with E-state index in [1.165, 1.54) is 24.5 Å². The Morgan fingerprint density at radius 2 is 1.94 bits per heavy atom. The third-order valence-electron chi connectivity index (χ3n) is 3.15. The van der Waals surface area contributed by atoms with Crippen LogP contribution in [0.3, 0.4) is 0 Å². The molecule has 0 bridgehead atoms. The zero-order chi connectivity index (χ0) is 23.8. The highest BCUT2D eigenvalue weighted by Gasteiger charge is 2.13. The van der Waals surface area contributed by atoms with Gasteiger partial charge in [-0.2, -0.15) is 5.26 Å². The van der Waals surface area contributed by atoms with E-state index in [1.807, 2.05) is 6.07 Å². The summed E-state index contributed by atoms with van der Waals surface area (Å²) < 4.78 is 0. The maximum atomic E-state index is 11.3. The molecule has 0 aliphatic rings. The van der Waals surface area contributed by atoms with Gasteiger partial charge in [0.1, 0.15) is 27.3 Å². The van der Waals surface area contributed by atoms with Gasteiger partial charge < -0.3 is 16.2 Å². The van der Waals surface area contributed by atoms with Crippen LogP contribution in [-0.2, 0) is 0 Å². The molecular formula is C23H31N5O2S. The number of aldehydes is 1. The predicted molar refractivity (Wildman–Crippen MR) is 130 cm³/mol. The molecule has 0 fully saturated rings. The van der Waals surface area contributed by atoms with Crippen molar-refractivity contribution < 1.29 is 9.90 Å². The lowest BCUT2D eigenvalue weighted by Gasteiger charge is -2.05. The molecule has 166 valence electrons. The number of aromatic hydroxyl groups is 1. The minimum atomic E-state index is 0.143. The summed E-state index contributed by atoms with van der Waals surface area (Å²) in [7, 11) is 1.50. The number of nitrogens with one attached hydrogen (secondary N) is 1. The van der Waals surface area contributed by atoms with Crippen LogP contribution in [0.2, 0.25) is 0 Å². The summed E-state index contributed by atoms with van der Waals surface area (Å²) in [5, 5.41) is 22.4. The molecule has 1 aromatic carbocycles. The van der Waals surface area contributed by atoms with Gasteiger partial charge >= 0.3 is 0 Å². The maximum Gasteiger partial charge on any atom is 0.171 e. The van der Waals surface area contributed by atoms with Crippen molar-refractivity contribution in [2.45, 2.75) is 34.1 Å². The first kappa shape index (κ1) is 27.7. The lowest BCUT2D eigenvalue weighted by molar-refractivity contribution is 0.112. The molecule has 2 rings (SSSR count). The van der Waals surface area contributed by atoms with Crippen LogP contribution in [0.5, 0.6) is 5.75 Å².